The molecule has 0 amide bonds. The first-order chi connectivity index (χ1) is 7.78. The molecule has 1 heterocycles. The van der Waals surface area contributed by atoms with Gasteiger partial charge in [-0.05, 0) is 11.4 Å². The lowest BCUT2D eigenvalue weighted by molar-refractivity contribution is 0.307. The monoisotopic (exact) mass is 235 g/mol. The Bertz CT molecular complexity index is 454. The Kier molecular flexibility index (Phi) is 3.31. The molecular weight excluding hydrogens is 222 g/mol. The van der Waals surface area contributed by atoms with Gasteiger partial charge in [0.1, 0.15) is 18.1 Å². The van der Waals surface area contributed by atoms with Gasteiger partial charge in [-0.3, -0.25) is 0 Å². The highest BCUT2D eigenvalue weighted by Crippen LogP contribution is 2.25. The van der Waals surface area contributed by atoms with Crippen molar-refractivity contribution >= 4 is 17.0 Å². The molecule has 2 aromatic rings. The summed E-state index contributed by atoms with van der Waals surface area (Å²) in [4.78, 5) is 1.18. The maximum Gasteiger partial charge on any atom is 0.125 e. The van der Waals surface area contributed by atoms with Crippen molar-refractivity contribution in [2.45, 2.75) is 6.61 Å². The normalized spacial score (nSPS) is 10.1. The van der Waals surface area contributed by atoms with E-state index >= 15 is 0 Å². The van der Waals surface area contributed by atoms with Gasteiger partial charge in [0.05, 0.1) is 7.11 Å². The Morgan fingerprint density at radius 2 is 2.06 bits per heavy atom. The molecule has 2 N–H and O–H groups in total. The topological polar surface area (TPSA) is 44.5 Å². The first kappa shape index (κ1) is 10.8. The SMILES string of the molecule is COc1cc(N)cc(OCc2cccs2)c1. The van der Waals surface area contributed by atoms with Crippen LogP contribution in [0.15, 0.2) is 35.7 Å². The van der Waals surface area contributed by atoms with Gasteiger partial charge in [-0.25, -0.2) is 0 Å². The Balaban J connectivity index is 2.06. The van der Waals surface area contributed by atoms with E-state index in [9.17, 15) is 0 Å². The number of hydrogen-bond donors (Lipinski definition) is 1. The fraction of sp³-hybridized carbons (Fsp3) is 0.167. The van der Waals surface area contributed by atoms with E-state index in [-0.39, 0.29) is 0 Å². The van der Waals surface area contributed by atoms with Gasteiger partial charge in [0.2, 0.25) is 0 Å². The van der Waals surface area contributed by atoms with Crippen LogP contribution < -0.4 is 15.2 Å². The third-order valence-corrected chi connectivity index (χ3v) is 2.95. The molecule has 4 heteroatoms. The molecule has 0 bridgehead atoms. The first-order valence-electron chi connectivity index (χ1n) is 4.87. The second-order valence-electron chi connectivity index (χ2n) is 3.31. The zero-order valence-electron chi connectivity index (χ0n) is 8.97. The van der Waals surface area contributed by atoms with Crippen LogP contribution in [-0.4, -0.2) is 7.11 Å². The molecule has 1 aromatic carbocycles. The summed E-state index contributed by atoms with van der Waals surface area (Å²) in [7, 11) is 1.61. The molecule has 0 radical (unpaired) electrons. The number of ether oxygens (including phenoxy) is 2. The lowest BCUT2D eigenvalue weighted by Crippen LogP contribution is -1.95. The number of nitrogen functional groups attached to an aromatic ring is 1. The van der Waals surface area contributed by atoms with Crippen molar-refractivity contribution in [3.8, 4) is 11.5 Å². The molecule has 0 atom stereocenters. The summed E-state index contributed by atoms with van der Waals surface area (Å²) >= 11 is 1.67. The number of hydrogen-bond acceptors (Lipinski definition) is 4. The van der Waals surface area contributed by atoms with Crippen molar-refractivity contribution in [2.24, 2.45) is 0 Å². The van der Waals surface area contributed by atoms with Crippen LogP contribution in [0.4, 0.5) is 5.69 Å². The molecule has 0 saturated carbocycles. The molecule has 0 saturated heterocycles. The molecule has 0 aliphatic heterocycles. The average molecular weight is 235 g/mol. The minimum atomic E-state index is 0.560. The largest absolute Gasteiger partial charge is 0.497 e. The zero-order chi connectivity index (χ0) is 11.4. The lowest BCUT2D eigenvalue weighted by atomic mass is 10.3. The summed E-state index contributed by atoms with van der Waals surface area (Å²) in [5, 5.41) is 2.03. The molecule has 1 aromatic heterocycles. The minimum Gasteiger partial charge on any atom is -0.497 e. The zero-order valence-corrected chi connectivity index (χ0v) is 9.79. The number of benzene rings is 1. The highest BCUT2D eigenvalue weighted by molar-refractivity contribution is 7.09. The molecule has 0 spiro atoms. The fourth-order valence-electron chi connectivity index (χ4n) is 1.34. The van der Waals surface area contributed by atoms with Gasteiger partial charge in [-0.1, -0.05) is 6.07 Å². The van der Waals surface area contributed by atoms with Crippen LogP contribution in [0.1, 0.15) is 4.88 Å². The van der Waals surface area contributed by atoms with Crippen molar-refractivity contribution < 1.29 is 9.47 Å². The summed E-state index contributed by atoms with van der Waals surface area (Å²) < 4.78 is 10.7. The van der Waals surface area contributed by atoms with Crippen molar-refractivity contribution in [3.63, 3.8) is 0 Å². The van der Waals surface area contributed by atoms with Crippen molar-refractivity contribution in [1.82, 2.24) is 0 Å². The number of thiophene rings is 1. The quantitative estimate of drug-likeness (QED) is 0.829. The van der Waals surface area contributed by atoms with Gasteiger partial charge in [0.15, 0.2) is 0 Å². The average Bonchev–Trinajstić information content (AvgIpc) is 2.78. The predicted molar refractivity (Wildman–Crippen MR) is 66.1 cm³/mol. The molecule has 84 valence electrons. The smallest absolute Gasteiger partial charge is 0.125 e. The van der Waals surface area contributed by atoms with E-state index in [0.29, 0.717) is 18.0 Å². The van der Waals surface area contributed by atoms with E-state index in [0.717, 1.165) is 5.75 Å². The Morgan fingerprint density at radius 1 is 1.25 bits per heavy atom. The van der Waals surface area contributed by atoms with Gasteiger partial charge in [0.25, 0.3) is 0 Å². The van der Waals surface area contributed by atoms with Gasteiger partial charge >= 0.3 is 0 Å². The van der Waals surface area contributed by atoms with Gasteiger partial charge in [-0.2, -0.15) is 0 Å². The molecule has 0 fully saturated rings. The van der Waals surface area contributed by atoms with Gasteiger partial charge < -0.3 is 15.2 Å². The molecule has 0 unspecified atom stereocenters. The van der Waals surface area contributed by atoms with E-state index in [1.165, 1.54) is 4.88 Å². The van der Waals surface area contributed by atoms with Crippen LogP contribution in [0.5, 0.6) is 11.5 Å². The summed E-state index contributed by atoms with van der Waals surface area (Å²) in [6.45, 7) is 0.560. The van der Waals surface area contributed by atoms with Crippen molar-refractivity contribution in [3.05, 3.63) is 40.6 Å². The van der Waals surface area contributed by atoms with E-state index in [2.05, 4.69) is 0 Å². The van der Waals surface area contributed by atoms with Crippen molar-refractivity contribution in [2.75, 3.05) is 12.8 Å². The summed E-state index contributed by atoms with van der Waals surface area (Å²) in [6.07, 6.45) is 0. The third kappa shape index (κ3) is 2.67. The number of anilines is 1. The molecule has 0 aliphatic rings. The highest BCUT2D eigenvalue weighted by Gasteiger charge is 2.01. The maximum absolute atomic E-state index is 5.73. The van der Waals surface area contributed by atoms with E-state index in [4.69, 9.17) is 15.2 Å². The summed E-state index contributed by atoms with van der Waals surface area (Å²) in [6, 6.07) is 9.41. The molecule has 0 aliphatic carbocycles. The van der Waals surface area contributed by atoms with Gasteiger partial charge in [0, 0.05) is 28.8 Å². The number of nitrogens with two attached hydrogens (primary N) is 1. The molecule has 16 heavy (non-hydrogen) atoms. The fourth-order valence-corrected chi connectivity index (χ4v) is 1.96. The highest BCUT2D eigenvalue weighted by atomic mass is 32.1. The van der Waals surface area contributed by atoms with E-state index in [1.807, 2.05) is 23.6 Å². The van der Waals surface area contributed by atoms with Gasteiger partial charge in [-0.15, -0.1) is 11.3 Å². The molecular formula is C12H13NO2S. The second-order valence-corrected chi connectivity index (χ2v) is 4.34. The lowest BCUT2D eigenvalue weighted by Gasteiger charge is -2.08. The Morgan fingerprint density at radius 3 is 2.75 bits per heavy atom. The Labute approximate surface area is 98.4 Å². The third-order valence-electron chi connectivity index (χ3n) is 2.10. The number of rotatable bonds is 4. The van der Waals surface area contributed by atoms with Crippen LogP contribution in [0.2, 0.25) is 0 Å². The van der Waals surface area contributed by atoms with Crippen LogP contribution in [0.3, 0.4) is 0 Å². The van der Waals surface area contributed by atoms with Crippen LogP contribution in [-0.2, 0) is 6.61 Å². The second kappa shape index (κ2) is 4.90. The number of methoxy groups -OCH3 is 1. The van der Waals surface area contributed by atoms with Crippen LogP contribution >= 0.6 is 11.3 Å². The Hall–Kier alpha value is -1.68. The standard InChI is InChI=1S/C12H13NO2S/c1-14-10-5-9(13)6-11(7-10)15-8-12-3-2-4-16-12/h2-7H,8,13H2,1H3. The first-order valence-corrected chi connectivity index (χ1v) is 5.75. The minimum absolute atomic E-state index is 0.560. The van der Waals surface area contributed by atoms with Crippen LogP contribution in [0, 0.1) is 0 Å². The van der Waals surface area contributed by atoms with E-state index < -0.39 is 0 Å². The summed E-state index contributed by atoms with van der Waals surface area (Å²) in [5.74, 6) is 1.44. The van der Waals surface area contributed by atoms with Crippen molar-refractivity contribution in [1.29, 1.82) is 0 Å². The molecule has 3 nitrogen and oxygen atoms in total. The molecule has 2 rings (SSSR count). The maximum atomic E-state index is 5.73. The summed E-state index contributed by atoms with van der Waals surface area (Å²) in [5.41, 5.74) is 6.37. The van der Waals surface area contributed by atoms with Crippen LogP contribution in [0.25, 0.3) is 0 Å². The predicted octanol–water partition coefficient (Wildman–Crippen LogP) is 2.92. The van der Waals surface area contributed by atoms with E-state index in [1.54, 1.807) is 30.6 Å².